The Morgan fingerprint density at radius 1 is 1.15 bits per heavy atom. The molecule has 0 radical (unpaired) electrons. The average Bonchev–Trinajstić information content (AvgIpc) is 2.69. The van der Waals surface area contributed by atoms with Crippen molar-refractivity contribution in [1.29, 1.82) is 0 Å². The van der Waals surface area contributed by atoms with Crippen molar-refractivity contribution in [2.45, 2.75) is 18.4 Å². The second-order valence-electron chi connectivity index (χ2n) is 6.69. The van der Waals surface area contributed by atoms with Gasteiger partial charge in [0.25, 0.3) is 5.91 Å². The smallest absolute Gasteiger partial charge is 0.255 e. The molecule has 4 rings (SSSR count). The lowest BCUT2D eigenvalue weighted by Crippen LogP contribution is -2.58. The number of halogens is 1. The quantitative estimate of drug-likeness (QED) is 0.812. The molecule has 7 nitrogen and oxygen atoms in total. The Balaban J connectivity index is 1.41. The van der Waals surface area contributed by atoms with Gasteiger partial charge in [-0.3, -0.25) is 9.78 Å². The summed E-state index contributed by atoms with van der Waals surface area (Å²) in [5, 5.41) is 0. The summed E-state index contributed by atoms with van der Waals surface area (Å²) in [6.45, 7) is 3.15. The van der Waals surface area contributed by atoms with E-state index in [9.17, 15) is 9.18 Å². The van der Waals surface area contributed by atoms with E-state index in [0.717, 1.165) is 12.8 Å². The summed E-state index contributed by atoms with van der Waals surface area (Å²) >= 11 is 0. The molecule has 2 saturated heterocycles. The summed E-state index contributed by atoms with van der Waals surface area (Å²) in [6, 6.07) is 3.55. The molecular formula is C18H20FN5O2. The van der Waals surface area contributed by atoms with Crippen LogP contribution in [0.5, 0.6) is 0 Å². The first-order valence-corrected chi connectivity index (χ1v) is 8.71. The third-order valence-corrected chi connectivity index (χ3v) is 5.01. The molecule has 0 unspecified atom stereocenters. The van der Waals surface area contributed by atoms with Gasteiger partial charge in [-0.15, -0.1) is 0 Å². The van der Waals surface area contributed by atoms with Gasteiger partial charge in [-0.2, -0.15) is 0 Å². The average molecular weight is 357 g/mol. The normalized spacial score (nSPS) is 19.6. The SMILES string of the molecule is O=C(c1cccnc1)N1CCC2(CC1)CN(c1ncc(F)cn1)CCO2. The van der Waals surface area contributed by atoms with E-state index in [4.69, 9.17) is 4.74 Å². The number of hydrogen-bond acceptors (Lipinski definition) is 6. The number of likely N-dealkylation sites (tertiary alicyclic amines) is 1. The molecular weight excluding hydrogens is 337 g/mol. The molecule has 26 heavy (non-hydrogen) atoms. The van der Waals surface area contributed by atoms with Crippen LogP contribution in [-0.4, -0.2) is 64.1 Å². The van der Waals surface area contributed by atoms with Crippen LogP contribution in [0.4, 0.5) is 10.3 Å². The van der Waals surface area contributed by atoms with Gasteiger partial charge in [-0.25, -0.2) is 14.4 Å². The van der Waals surface area contributed by atoms with Gasteiger partial charge >= 0.3 is 0 Å². The van der Waals surface area contributed by atoms with E-state index in [0.29, 0.717) is 44.3 Å². The van der Waals surface area contributed by atoms with Gasteiger partial charge < -0.3 is 14.5 Å². The molecule has 8 heteroatoms. The Morgan fingerprint density at radius 2 is 1.92 bits per heavy atom. The summed E-state index contributed by atoms with van der Waals surface area (Å²) in [4.78, 5) is 28.6. The van der Waals surface area contributed by atoms with E-state index in [1.807, 2.05) is 9.80 Å². The minimum Gasteiger partial charge on any atom is -0.371 e. The highest BCUT2D eigenvalue weighted by Gasteiger charge is 2.41. The fraction of sp³-hybridized carbons (Fsp3) is 0.444. The molecule has 4 heterocycles. The predicted octanol–water partition coefficient (Wildman–Crippen LogP) is 1.52. The Kier molecular flexibility index (Phi) is 4.50. The number of amides is 1. The molecule has 2 aromatic rings. The first-order chi connectivity index (χ1) is 12.7. The standard InChI is InChI=1S/C18H20FN5O2/c19-15-11-21-17(22-12-15)24-8-9-26-18(13-24)3-6-23(7-4-18)16(25)14-2-1-5-20-10-14/h1-2,5,10-12H,3-4,6-9,13H2. The summed E-state index contributed by atoms with van der Waals surface area (Å²) < 4.78 is 19.1. The molecule has 2 aromatic heterocycles. The number of carbonyl (C=O) groups is 1. The number of aromatic nitrogens is 3. The van der Waals surface area contributed by atoms with Crippen molar-refractivity contribution >= 4 is 11.9 Å². The van der Waals surface area contributed by atoms with Crippen molar-refractivity contribution < 1.29 is 13.9 Å². The molecule has 0 bridgehead atoms. The summed E-state index contributed by atoms with van der Waals surface area (Å²) in [7, 11) is 0. The number of hydrogen-bond donors (Lipinski definition) is 0. The summed E-state index contributed by atoms with van der Waals surface area (Å²) in [5.41, 5.74) is 0.288. The van der Waals surface area contributed by atoms with E-state index >= 15 is 0 Å². The molecule has 0 aliphatic carbocycles. The molecule has 0 N–H and O–H groups in total. The topological polar surface area (TPSA) is 71.5 Å². The number of morpholine rings is 1. The lowest BCUT2D eigenvalue weighted by atomic mass is 9.89. The number of piperidine rings is 1. The van der Waals surface area contributed by atoms with Crippen LogP contribution in [0.1, 0.15) is 23.2 Å². The number of pyridine rings is 1. The Morgan fingerprint density at radius 3 is 2.62 bits per heavy atom. The highest BCUT2D eigenvalue weighted by atomic mass is 19.1. The van der Waals surface area contributed by atoms with Gasteiger partial charge in [-0.1, -0.05) is 0 Å². The zero-order valence-electron chi connectivity index (χ0n) is 14.3. The van der Waals surface area contributed by atoms with Crippen LogP contribution >= 0.6 is 0 Å². The van der Waals surface area contributed by atoms with Crippen LogP contribution in [-0.2, 0) is 4.74 Å². The van der Waals surface area contributed by atoms with Gasteiger partial charge in [0.15, 0.2) is 5.82 Å². The van der Waals surface area contributed by atoms with Gasteiger partial charge in [0.2, 0.25) is 5.95 Å². The van der Waals surface area contributed by atoms with E-state index < -0.39 is 5.82 Å². The van der Waals surface area contributed by atoms with Crippen molar-refractivity contribution in [2.24, 2.45) is 0 Å². The second kappa shape index (κ2) is 6.95. The molecule has 2 aliphatic rings. The number of rotatable bonds is 2. The summed E-state index contributed by atoms with van der Waals surface area (Å²) in [6.07, 6.45) is 7.11. The molecule has 2 fully saturated rings. The van der Waals surface area contributed by atoms with E-state index in [1.54, 1.807) is 24.5 Å². The maximum Gasteiger partial charge on any atom is 0.255 e. The Bertz CT molecular complexity index is 763. The third kappa shape index (κ3) is 3.37. The van der Waals surface area contributed by atoms with Gasteiger partial charge in [0, 0.05) is 32.0 Å². The van der Waals surface area contributed by atoms with Gasteiger partial charge in [-0.05, 0) is 25.0 Å². The first-order valence-electron chi connectivity index (χ1n) is 8.71. The van der Waals surface area contributed by atoms with Crippen LogP contribution in [0.15, 0.2) is 36.9 Å². The molecule has 0 saturated carbocycles. The Labute approximate surface area is 150 Å². The monoisotopic (exact) mass is 357 g/mol. The second-order valence-corrected chi connectivity index (χ2v) is 6.69. The Hall–Kier alpha value is -2.61. The van der Waals surface area contributed by atoms with E-state index in [1.165, 1.54) is 12.4 Å². The van der Waals surface area contributed by atoms with Crippen LogP contribution in [0.2, 0.25) is 0 Å². The molecule has 2 aliphatic heterocycles. The fourth-order valence-electron chi connectivity index (χ4n) is 3.58. The maximum absolute atomic E-state index is 13.1. The minimum atomic E-state index is -0.445. The number of ether oxygens (including phenoxy) is 1. The number of carbonyl (C=O) groups excluding carboxylic acids is 1. The molecule has 0 atom stereocenters. The van der Waals surface area contributed by atoms with Crippen molar-refractivity contribution in [3.05, 3.63) is 48.3 Å². The fourth-order valence-corrected chi connectivity index (χ4v) is 3.58. The predicted molar refractivity (Wildman–Crippen MR) is 92.3 cm³/mol. The molecule has 136 valence electrons. The molecule has 0 aromatic carbocycles. The third-order valence-electron chi connectivity index (χ3n) is 5.01. The maximum atomic E-state index is 13.1. The van der Waals surface area contributed by atoms with Crippen molar-refractivity contribution in [3.8, 4) is 0 Å². The van der Waals surface area contributed by atoms with E-state index in [2.05, 4.69) is 15.0 Å². The zero-order chi connectivity index (χ0) is 18.0. The van der Waals surface area contributed by atoms with Crippen LogP contribution in [0.25, 0.3) is 0 Å². The van der Waals surface area contributed by atoms with Gasteiger partial charge in [0.05, 0.1) is 36.7 Å². The minimum absolute atomic E-state index is 0.00230. The first kappa shape index (κ1) is 16.8. The van der Waals surface area contributed by atoms with Crippen LogP contribution in [0.3, 0.4) is 0 Å². The zero-order valence-corrected chi connectivity index (χ0v) is 14.3. The summed E-state index contributed by atoms with van der Waals surface area (Å²) in [5.74, 6) is 0.0735. The lowest BCUT2D eigenvalue weighted by molar-refractivity contribution is -0.0872. The van der Waals surface area contributed by atoms with Crippen molar-refractivity contribution in [1.82, 2.24) is 19.9 Å². The van der Waals surface area contributed by atoms with Crippen LogP contribution in [0, 0.1) is 5.82 Å². The molecule has 1 spiro atoms. The van der Waals surface area contributed by atoms with Crippen LogP contribution < -0.4 is 4.90 Å². The van der Waals surface area contributed by atoms with Crippen molar-refractivity contribution in [2.75, 3.05) is 37.7 Å². The highest BCUT2D eigenvalue weighted by molar-refractivity contribution is 5.93. The van der Waals surface area contributed by atoms with Gasteiger partial charge in [0.1, 0.15) is 0 Å². The lowest BCUT2D eigenvalue weighted by Gasteiger charge is -2.47. The van der Waals surface area contributed by atoms with E-state index in [-0.39, 0.29) is 11.5 Å². The number of nitrogens with zero attached hydrogens (tertiary/aromatic N) is 5. The largest absolute Gasteiger partial charge is 0.371 e. The highest BCUT2D eigenvalue weighted by Crippen LogP contribution is 2.31. The molecule has 1 amide bonds. The van der Waals surface area contributed by atoms with Crippen molar-refractivity contribution in [3.63, 3.8) is 0 Å². The number of anilines is 1.